The summed E-state index contributed by atoms with van der Waals surface area (Å²) >= 11 is 1.00. The van der Waals surface area contributed by atoms with Crippen molar-refractivity contribution in [3.05, 3.63) is 113 Å². The number of benzene rings is 3. The topological polar surface area (TPSA) is 571 Å². The van der Waals surface area contributed by atoms with Crippen molar-refractivity contribution >= 4 is 118 Å². The first kappa shape index (κ1) is 112. The SMILES string of the molecule is CO[C@H]1C[C@H]2OC[C@@]2(OC(C)=O)[C@H]2[C@H](OC(=O)c3ccccc3)[C@]3(O)C[C@H](OC(=O)[C@H](OC(=O)CCCCCN4C(=O)CC(SC(C)(C)[C@H](NC(C)=O)C(=O)N5CCC[C@H]5C(=O)N[C@@H](CC(C)C)C(=O)N5CCC[C@H]5C(=O)N[C@@H](CCCNC(=N)N)C(=O)C[C@H](C(=O)N[C@@H](CCCNC(=N)N)C(=O)C[C@@H](Cc5ccc(O)cc5)C(=O)O)C(C)(C)C)C4=O)[C@@H](C)c4ccccc4)C(C)=C([C@@H](C)C(=O)[C@]12C)C3(C)C. The van der Waals surface area contributed by atoms with Crippen LogP contribution < -0.4 is 43.4 Å². The van der Waals surface area contributed by atoms with E-state index in [2.05, 4.69) is 31.9 Å². The molecule has 2 saturated carbocycles. The summed E-state index contributed by atoms with van der Waals surface area (Å²) in [6.45, 7) is 24.8. The van der Waals surface area contributed by atoms with Gasteiger partial charge in [0.05, 0.1) is 52.9 Å². The maximum absolute atomic E-state index is 15.9. The van der Waals surface area contributed by atoms with Gasteiger partial charge in [0, 0.05) is 120 Å². The Balaban J connectivity index is 0.772. The molecule has 1 unspecified atom stereocenters. The quantitative estimate of drug-likeness (QED) is 0.00505. The number of amides is 8. The van der Waals surface area contributed by atoms with Gasteiger partial charge in [0.25, 0.3) is 0 Å². The second-order valence-electron chi connectivity index (χ2n) is 41.8. The van der Waals surface area contributed by atoms with E-state index in [-0.39, 0.29) is 164 Å². The molecule has 0 spiro atoms. The van der Waals surface area contributed by atoms with Crippen LogP contribution in [0.15, 0.2) is 96.1 Å². The Labute approximate surface area is 833 Å². The number of thioether (sulfide) groups is 1. The zero-order chi connectivity index (χ0) is 105. The highest BCUT2D eigenvalue weighted by molar-refractivity contribution is 8.02. The fourth-order valence-electron chi connectivity index (χ4n) is 22.0. The number of nitrogens with zero attached hydrogens (tertiary/aromatic N) is 3. The van der Waals surface area contributed by atoms with E-state index in [4.69, 9.17) is 50.7 Å². The van der Waals surface area contributed by atoms with Gasteiger partial charge >= 0.3 is 29.8 Å². The number of aliphatic hydroxyl groups is 1. The molecule has 15 N–H and O–H groups in total. The van der Waals surface area contributed by atoms with Crippen LogP contribution in [0.5, 0.6) is 5.75 Å². The maximum Gasteiger partial charge on any atom is 0.348 e. The molecule has 4 heterocycles. The van der Waals surface area contributed by atoms with Gasteiger partial charge in [-0.1, -0.05) is 129 Å². The minimum atomic E-state index is -2.24. The van der Waals surface area contributed by atoms with E-state index in [1.807, 2.05) is 13.8 Å². The number of fused-ring (bicyclic) bond motifs is 5. The lowest BCUT2D eigenvalue weighted by molar-refractivity contribution is -0.346. The number of ether oxygens (including phenoxy) is 6. The number of guanidine groups is 2. The number of esters is 4. The molecule has 0 radical (unpaired) electrons. The van der Waals surface area contributed by atoms with Gasteiger partial charge in [-0.25, -0.2) is 9.59 Å². The molecule has 20 atom stereocenters. The number of nitrogens with one attached hydrogen (secondary N) is 8. The number of hydrogen-bond acceptors (Lipinski definition) is 27. The number of aliphatic carboxylic acids is 1. The summed E-state index contributed by atoms with van der Waals surface area (Å²) in [5.41, 5.74) is 5.27. The molecule has 0 aromatic heterocycles. The number of imide groups is 1. The average molecular weight is 2000 g/mol. The summed E-state index contributed by atoms with van der Waals surface area (Å²) in [6, 6.07) is 15.2. The van der Waals surface area contributed by atoms with E-state index < -0.39 is 242 Å². The molecule has 3 aliphatic carbocycles. The molecule has 778 valence electrons. The number of nitrogens with two attached hydrogens (primary N) is 2. The van der Waals surface area contributed by atoms with Crippen LogP contribution in [0.1, 0.15) is 247 Å². The molecule has 2 bridgehead atoms. The lowest BCUT2D eigenvalue weighted by atomic mass is 9.43. The van der Waals surface area contributed by atoms with Crippen molar-refractivity contribution in [1.82, 2.24) is 46.6 Å². The van der Waals surface area contributed by atoms with Gasteiger partial charge in [-0.2, -0.15) is 0 Å². The first-order valence-corrected chi connectivity index (χ1v) is 50.2. The normalized spacial score (nSPS) is 25.2. The Morgan fingerprint density at radius 1 is 0.711 bits per heavy atom. The number of carboxylic acids is 1. The predicted molar refractivity (Wildman–Crippen MR) is 523 cm³/mol. The summed E-state index contributed by atoms with van der Waals surface area (Å²) in [5.74, 6) is -17.9. The van der Waals surface area contributed by atoms with Gasteiger partial charge in [-0.05, 0) is 163 Å². The number of hydrogen-bond donors (Lipinski definition) is 13. The van der Waals surface area contributed by atoms with E-state index in [1.165, 1.54) is 67.2 Å². The fourth-order valence-corrected chi connectivity index (χ4v) is 23.5. The van der Waals surface area contributed by atoms with Crippen LogP contribution in [0.4, 0.5) is 0 Å². The molecule has 38 nitrogen and oxygen atoms in total. The number of methoxy groups -OCH3 is 1. The molecule has 4 saturated heterocycles. The second kappa shape index (κ2) is 47.7. The number of carboxylic acid groups (broad SMARTS) is 1. The summed E-state index contributed by atoms with van der Waals surface area (Å²) in [7, 11) is 1.45. The van der Waals surface area contributed by atoms with E-state index in [1.54, 1.807) is 125 Å². The Hall–Kier alpha value is -11.7. The molecule has 142 heavy (non-hydrogen) atoms. The van der Waals surface area contributed by atoms with Crippen LogP contribution >= 0.6 is 11.8 Å². The highest BCUT2D eigenvalue weighted by atomic mass is 32.2. The van der Waals surface area contributed by atoms with Gasteiger partial charge in [-0.15, -0.1) is 11.8 Å². The second-order valence-corrected chi connectivity index (χ2v) is 43.7. The third-order valence-corrected chi connectivity index (χ3v) is 31.1. The van der Waals surface area contributed by atoms with Gasteiger partial charge in [0.2, 0.25) is 53.4 Å². The van der Waals surface area contributed by atoms with Gasteiger partial charge < -0.3 is 96.9 Å². The molecule has 8 amide bonds. The highest BCUT2D eigenvalue weighted by Gasteiger charge is 2.78. The number of ketones is 3. The third kappa shape index (κ3) is 26.1. The van der Waals surface area contributed by atoms with Crippen LogP contribution in [0.25, 0.3) is 0 Å². The van der Waals surface area contributed by atoms with Crippen LogP contribution in [0.3, 0.4) is 0 Å². The number of phenolic OH excluding ortho intramolecular Hbond substituents is 1. The van der Waals surface area contributed by atoms with Crippen LogP contribution in [0.2, 0.25) is 0 Å². The molecular formula is C103H145N13O25S. The van der Waals surface area contributed by atoms with Crippen molar-refractivity contribution in [1.29, 1.82) is 10.8 Å². The van der Waals surface area contributed by atoms with Crippen LogP contribution in [0, 0.1) is 56.7 Å². The minimum Gasteiger partial charge on any atom is -0.508 e. The minimum absolute atomic E-state index is 0.0134. The first-order chi connectivity index (χ1) is 66.7. The Morgan fingerprint density at radius 3 is 1.82 bits per heavy atom. The van der Waals surface area contributed by atoms with E-state index in [9.17, 15) is 72.9 Å². The lowest BCUT2D eigenvalue weighted by Crippen LogP contribution is -2.81. The van der Waals surface area contributed by atoms with E-state index in [0.717, 1.165) is 16.7 Å². The van der Waals surface area contributed by atoms with Gasteiger partial charge in [0.15, 0.2) is 29.1 Å². The standard InChI is InChI=1S/C103H145N13O25S/c1-56(2)48-70(90(128)114-46-28-36-71(114)88(126)112-69(35-27-44-109-97(106)107)74(121)51-67(98(8,9)10)87(125)111-68(34-26-43-108-96(104)105)73(120)50-65(93(131)132)49-62-39-41-66(119)42-40-62)113-89(127)72-37-29-47-115(72)92(130)84(110-60(6)117)100(13,14)142-76-52-79(122)116(91(76)129)45-25-19-24-38-80(123)139-82(57(3)63-30-20-17-21-31-63)95(134)138-75-54-103(135)86(140-94(133)64-32-22-18-23-33-64)83-101(15,85(124)59(5)81(58(75)4)99(103,11)12)77(136-16)53-78-102(83,55-137-78)141-61(7)118/h17-18,20-23,30-33,39-42,56-57,59,65,67-72,75-78,82-84,86,119,135H,19,24-29,34-38,43-55H2,1-16H3,(H,110,117)(H,111,125)(H,112,126)(H,113,127)(H,131,132)(H4,104,105,108)(H4,106,107,109)/t57-,59+,65+,67+,68-,69-,70-,71-,72-,75-,76?,77-,78+,82+,83-,84+,86-,101+,102-,103+/m0/s1. The predicted octanol–water partition coefficient (Wildman–Crippen LogP) is 7.22. The molecule has 3 aromatic carbocycles. The first-order valence-electron chi connectivity index (χ1n) is 49.3. The third-order valence-electron chi connectivity index (χ3n) is 29.6. The number of aromatic hydroxyl groups is 1. The van der Waals surface area contributed by atoms with Crippen molar-refractivity contribution in [2.75, 3.05) is 46.4 Å². The number of carbonyl (C=O) groups excluding carboxylic acids is 15. The molecular weight excluding hydrogens is 1850 g/mol. The van der Waals surface area contributed by atoms with Gasteiger partial charge in [-0.3, -0.25) is 82.8 Å². The average Bonchev–Trinajstić information content (AvgIpc) is 0.956. The molecule has 4 aliphatic heterocycles. The van der Waals surface area contributed by atoms with Crippen molar-refractivity contribution < 1.29 is 120 Å². The molecule has 39 heteroatoms. The smallest absolute Gasteiger partial charge is 0.348 e. The maximum atomic E-state index is 15.9. The number of Topliss-reactive ketones (excluding diaryl/α,β-unsaturated/α-hetero) is 3. The molecule has 10 rings (SSSR count). The zero-order valence-corrected chi connectivity index (χ0v) is 85.2. The monoisotopic (exact) mass is 2000 g/mol. The lowest BCUT2D eigenvalue weighted by Gasteiger charge is -2.68. The number of carbonyl (C=O) groups is 16. The number of likely N-dealkylation sites (tertiary alicyclic amines) is 3. The van der Waals surface area contributed by atoms with Crippen LogP contribution in [-0.4, -0.2) is 271 Å². The molecule has 6 fully saturated rings. The number of rotatable bonds is 46. The number of unbranched alkanes of at least 4 members (excludes halogenated alkanes) is 2. The largest absolute Gasteiger partial charge is 0.508 e. The highest BCUT2D eigenvalue weighted by Crippen LogP contribution is 2.66. The van der Waals surface area contributed by atoms with Crippen LogP contribution in [-0.2, 0) is 107 Å². The molecule has 3 aromatic rings. The summed E-state index contributed by atoms with van der Waals surface area (Å²) in [4.78, 5) is 235. The Kier molecular flexibility index (Phi) is 37.7. The summed E-state index contributed by atoms with van der Waals surface area (Å²) in [6.07, 6.45) is -6.25. The zero-order valence-electron chi connectivity index (χ0n) is 84.4. The summed E-state index contributed by atoms with van der Waals surface area (Å²) < 4.78 is 36.6. The van der Waals surface area contributed by atoms with Crippen molar-refractivity contribution in [2.24, 2.45) is 57.3 Å². The Morgan fingerprint density at radius 2 is 1.28 bits per heavy atom. The van der Waals surface area contributed by atoms with Crippen molar-refractivity contribution in [3.63, 3.8) is 0 Å². The number of phenols is 1. The van der Waals surface area contributed by atoms with E-state index in [0.29, 0.717) is 35.1 Å². The molecule has 7 aliphatic rings. The summed E-state index contributed by atoms with van der Waals surface area (Å²) in [5, 5.41) is 65.2. The fraction of sp³-hybridized carbons (Fsp3) is 0.631. The van der Waals surface area contributed by atoms with Gasteiger partial charge in [0.1, 0.15) is 59.6 Å². The van der Waals surface area contributed by atoms with E-state index >= 15 is 19.2 Å². The Bertz CT molecular complexity index is 5210. The van der Waals surface area contributed by atoms with Crippen molar-refractivity contribution in [3.8, 4) is 5.75 Å². The van der Waals surface area contributed by atoms with Crippen molar-refractivity contribution in [2.45, 2.75) is 320 Å².